The van der Waals surface area contributed by atoms with E-state index in [-0.39, 0.29) is 4.90 Å². The minimum absolute atomic E-state index is 0.166. The van der Waals surface area contributed by atoms with Crippen molar-refractivity contribution in [3.63, 3.8) is 0 Å². The third kappa shape index (κ3) is 3.96. The van der Waals surface area contributed by atoms with Crippen LogP contribution in [0.3, 0.4) is 0 Å². The Bertz CT molecular complexity index is 1490. The first-order valence-corrected chi connectivity index (χ1v) is 12.4. The Kier molecular flexibility index (Phi) is 5.81. The van der Waals surface area contributed by atoms with Crippen LogP contribution in [0.4, 0.5) is 5.82 Å². The molecule has 0 aliphatic carbocycles. The van der Waals surface area contributed by atoms with Crippen molar-refractivity contribution in [2.75, 3.05) is 45.3 Å². The van der Waals surface area contributed by atoms with Crippen LogP contribution in [0.5, 0.6) is 11.5 Å². The quantitative estimate of drug-likeness (QED) is 0.387. The van der Waals surface area contributed by atoms with Gasteiger partial charge in [0.25, 0.3) is 0 Å². The van der Waals surface area contributed by atoms with Gasteiger partial charge in [-0.15, -0.1) is 0 Å². The van der Waals surface area contributed by atoms with Crippen molar-refractivity contribution in [1.29, 1.82) is 0 Å². The maximum Gasteiger partial charge on any atom is 0.243 e. The van der Waals surface area contributed by atoms with Crippen molar-refractivity contribution in [2.45, 2.75) is 4.90 Å². The predicted octanol–water partition coefficient (Wildman–Crippen LogP) is 1.29. The van der Waals surface area contributed by atoms with Gasteiger partial charge in [0.2, 0.25) is 10.0 Å². The fourth-order valence-corrected chi connectivity index (χ4v) is 5.72. The van der Waals surface area contributed by atoms with Gasteiger partial charge in [-0.25, -0.2) is 23.4 Å². The third-order valence-electron chi connectivity index (χ3n) is 6.13. The first kappa shape index (κ1) is 23.1. The SMILES string of the molecule is COc1ccc(S(=O)(=O)N2CCN(c3ncnc4c3nc(-c3cnn(C)c3)n4C)CC2)cc1OC. The van der Waals surface area contributed by atoms with E-state index in [4.69, 9.17) is 14.5 Å². The number of methoxy groups -OCH3 is 2. The summed E-state index contributed by atoms with van der Waals surface area (Å²) in [6.45, 7) is 1.56. The lowest BCUT2D eigenvalue weighted by atomic mass is 10.3. The number of anilines is 1. The predicted molar refractivity (Wildman–Crippen MR) is 129 cm³/mol. The van der Waals surface area contributed by atoms with Crippen LogP contribution in [0.1, 0.15) is 0 Å². The number of aryl methyl sites for hydroxylation is 2. The van der Waals surface area contributed by atoms with E-state index >= 15 is 0 Å². The van der Waals surface area contributed by atoms with Crippen LogP contribution < -0.4 is 14.4 Å². The molecule has 3 aromatic heterocycles. The average Bonchev–Trinajstić information content (AvgIpc) is 3.46. The van der Waals surface area contributed by atoms with Gasteiger partial charge in [-0.2, -0.15) is 9.40 Å². The first-order chi connectivity index (χ1) is 16.8. The van der Waals surface area contributed by atoms with E-state index in [0.29, 0.717) is 54.7 Å². The van der Waals surface area contributed by atoms with Gasteiger partial charge in [-0.1, -0.05) is 0 Å². The molecule has 0 atom stereocenters. The molecule has 12 nitrogen and oxygen atoms in total. The van der Waals surface area contributed by atoms with Crippen LogP contribution in [0.2, 0.25) is 0 Å². The third-order valence-corrected chi connectivity index (χ3v) is 8.03. The highest BCUT2D eigenvalue weighted by molar-refractivity contribution is 7.89. The van der Waals surface area contributed by atoms with Crippen LogP contribution in [0.15, 0.2) is 41.8 Å². The molecule has 1 aliphatic heterocycles. The van der Waals surface area contributed by atoms with E-state index in [1.165, 1.54) is 37.0 Å². The Morgan fingerprint density at radius 3 is 2.37 bits per heavy atom. The topological polar surface area (TPSA) is 121 Å². The summed E-state index contributed by atoms with van der Waals surface area (Å²) >= 11 is 0. The summed E-state index contributed by atoms with van der Waals surface area (Å²) in [6.07, 6.45) is 5.16. The van der Waals surface area contributed by atoms with Crippen LogP contribution >= 0.6 is 0 Å². The monoisotopic (exact) mass is 498 g/mol. The molecule has 184 valence electrons. The van der Waals surface area contributed by atoms with E-state index < -0.39 is 10.0 Å². The molecule has 0 amide bonds. The Morgan fingerprint density at radius 2 is 1.71 bits per heavy atom. The minimum atomic E-state index is -3.69. The Hall–Kier alpha value is -3.71. The molecule has 0 N–H and O–H groups in total. The molecule has 4 heterocycles. The zero-order valence-electron chi connectivity index (χ0n) is 19.9. The highest BCUT2D eigenvalue weighted by atomic mass is 32.2. The van der Waals surface area contributed by atoms with Gasteiger partial charge in [-0.3, -0.25) is 4.68 Å². The number of rotatable bonds is 6. The highest BCUT2D eigenvalue weighted by Gasteiger charge is 2.31. The van der Waals surface area contributed by atoms with Crippen LogP contribution in [-0.2, 0) is 24.1 Å². The molecular formula is C22H26N8O4S. The van der Waals surface area contributed by atoms with Gasteiger partial charge in [-0.05, 0) is 12.1 Å². The summed E-state index contributed by atoms with van der Waals surface area (Å²) in [6, 6.07) is 4.62. The van der Waals surface area contributed by atoms with Gasteiger partial charge in [0, 0.05) is 52.5 Å². The van der Waals surface area contributed by atoms with E-state index in [1.807, 2.05) is 29.8 Å². The summed E-state index contributed by atoms with van der Waals surface area (Å²) in [4.78, 5) is 15.9. The molecule has 0 spiro atoms. The fourth-order valence-electron chi connectivity index (χ4n) is 4.28. The number of aromatic nitrogens is 6. The minimum Gasteiger partial charge on any atom is -0.493 e. The van der Waals surface area contributed by atoms with Crippen molar-refractivity contribution in [1.82, 2.24) is 33.6 Å². The van der Waals surface area contributed by atoms with E-state index in [1.54, 1.807) is 16.9 Å². The van der Waals surface area contributed by atoms with Crippen LogP contribution in [0.25, 0.3) is 22.6 Å². The normalized spacial score (nSPS) is 15.0. The van der Waals surface area contributed by atoms with Crippen molar-refractivity contribution < 1.29 is 17.9 Å². The molecule has 1 fully saturated rings. The number of benzene rings is 1. The molecule has 13 heteroatoms. The van der Waals surface area contributed by atoms with Gasteiger partial charge in [0.1, 0.15) is 12.2 Å². The molecule has 0 unspecified atom stereocenters. The number of sulfonamides is 1. The molecule has 1 saturated heterocycles. The summed E-state index contributed by atoms with van der Waals surface area (Å²) in [7, 11) is 3.05. The standard InChI is InChI=1S/C22H26N8O4S/c1-27-13-15(12-25-27)20-26-19-21(28(20)2)23-14-24-22(19)29-7-9-30(10-8-29)35(31,32)16-5-6-17(33-3)18(11-16)34-4/h5-6,11-14H,7-10H2,1-4H3. The van der Waals surface area contributed by atoms with Gasteiger partial charge < -0.3 is 18.9 Å². The van der Waals surface area contributed by atoms with Crippen LogP contribution in [-0.4, -0.2) is 82.4 Å². The second-order valence-electron chi connectivity index (χ2n) is 8.17. The molecule has 1 aromatic carbocycles. The summed E-state index contributed by atoms with van der Waals surface area (Å²) < 4.78 is 42.2. The zero-order chi connectivity index (χ0) is 24.7. The molecule has 5 rings (SSSR count). The van der Waals surface area contributed by atoms with E-state index in [0.717, 1.165) is 11.4 Å². The summed E-state index contributed by atoms with van der Waals surface area (Å²) in [5, 5.41) is 4.23. The number of hydrogen-bond donors (Lipinski definition) is 0. The van der Waals surface area contributed by atoms with Gasteiger partial charge >= 0.3 is 0 Å². The maximum atomic E-state index is 13.3. The molecule has 0 saturated carbocycles. The van der Waals surface area contributed by atoms with Crippen LogP contribution in [0, 0.1) is 0 Å². The Labute approximate surface area is 202 Å². The summed E-state index contributed by atoms with van der Waals surface area (Å²) in [5.74, 6) is 2.27. The molecule has 1 aliphatic rings. The van der Waals surface area contributed by atoms with Crippen molar-refractivity contribution in [3.05, 3.63) is 36.9 Å². The summed E-state index contributed by atoms with van der Waals surface area (Å²) in [5.41, 5.74) is 2.25. The molecule has 0 bridgehead atoms. The largest absolute Gasteiger partial charge is 0.493 e. The molecule has 4 aromatic rings. The average molecular weight is 499 g/mol. The second-order valence-corrected chi connectivity index (χ2v) is 10.1. The van der Waals surface area contributed by atoms with E-state index in [9.17, 15) is 8.42 Å². The van der Waals surface area contributed by atoms with Crippen molar-refractivity contribution in [3.8, 4) is 22.9 Å². The second kappa shape index (κ2) is 8.82. The van der Waals surface area contributed by atoms with Gasteiger partial charge in [0.05, 0.1) is 30.9 Å². The number of imidazole rings is 1. The molecular weight excluding hydrogens is 472 g/mol. The van der Waals surface area contributed by atoms with Gasteiger partial charge in [0.15, 0.2) is 28.5 Å². The number of fused-ring (bicyclic) bond motifs is 1. The maximum absolute atomic E-state index is 13.3. The smallest absolute Gasteiger partial charge is 0.243 e. The first-order valence-electron chi connectivity index (χ1n) is 11.0. The highest BCUT2D eigenvalue weighted by Crippen LogP contribution is 2.32. The van der Waals surface area contributed by atoms with Crippen molar-refractivity contribution >= 4 is 27.0 Å². The zero-order valence-corrected chi connectivity index (χ0v) is 20.7. The molecule has 35 heavy (non-hydrogen) atoms. The number of piperazine rings is 1. The Balaban J connectivity index is 1.39. The number of nitrogens with zero attached hydrogens (tertiary/aromatic N) is 8. The fraction of sp³-hybridized carbons (Fsp3) is 0.364. The lowest BCUT2D eigenvalue weighted by Gasteiger charge is -2.34. The van der Waals surface area contributed by atoms with Crippen molar-refractivity contribution in [2.24, 2.45) is 14.1 Å². The van der Waals surface area contributed by atoms with E-state index in [2.05, 4.69) is 15.1 Å². The number of ether oxygens (including phenoxy) is 2. The Morgan fingerprint density at radius 1 is 0.971 bits per heavy atom. The molecule has 0 radical (unpaired) electrons. The lowest BCUT2D eigenvalue weighted by molar-refractivity contribution is 0.353. The lowest BCUT2D eigenvalue weighted by Crippen LogP contribution is -2.49. The number of hydrogen-bond acceptors (Lipinski definition) is 9.